The van der Waals surface area contributed by atoms with Crippen molar-refractivity contribution >= 4 is 23.4 Å². The molecular formula is C27H36ClN3O2. The van der Waals surface area contributed by atoms with Crippen molar-refractivity contribution in [1.82, 2.24) is 14.4 Å². The number of hydrogen-bond donors (Lipinski definition) is 0. The second-order valence-electron chi connectivity index (χ2n) is 9.51. The van der Waals surface area contributed by atoms with Gasteiger partial charge in [0.25, 0.3) is 0 Å². The first kappa shape index (κ1) is 23.9. The molecule has 2 amide bonds. The van der Waals surface area contributed by atoms with Crippen LogP contribution in [-0.2, 0) is 22.7 Å². The molecule has 1 aromatic carbocycles. The molecular weight excluding hydrogens is 434 g/mol. The first-order valence-corrected chi connectivity index (χ1v) is 12.9. The third-order valence-electron chi connectivity index (χ3n) is 7.36. The fourth-order valence-electron chi connectivity index (χ4n) is 5.06. The molecule has 1 aromatic heterocycles. The Labute approximate surface area is 202 Å². The smallest absolute Gasteiger partial charge is 0.242 e. The van der Waals surface area contributed by atoms with E-state index in [-0.39, 0.29) is 30.3 Å². The van der Waals surface area contributed by atoms with Gasteiger partial charge in [-0.2, -0.15) is 0 Å². The molecule has 0 spiro atoms. The molecule has 5 nitrogen and oxygen atoms in total. The zero-order chi connectivity index (χ0) is 23.2. The lowest BCUT2D eigenvalue weighted by molar-refractivity contribution is -0.146. The average Bonchev–Trinajstić information content (AvgIpc) is 3.23. The van der Waals surface area contributed by atoms with E-state index in [9.17, 15) is 9.59 Å². The molecule has 33 heavy (non-hydrogen) atoms. The minimum atomic E-state index is 0.0712. The SMILES string of the molecule is CCN(CC(=O)N(Cc1cccn1Cc1ccccc1Cl)C1CCCCC1)C(=O)C1CCC1. The maximum Gasteiger partial charge on any atom is 0.242 e. The number of likely N-dealkylation sites (N-methyl/N-ethyl adjacent to an activating group) is 1. The highest BCUT2D eigenvalue weighted by atomic mass is 35.5. The molecule has 2 saturated carbocycles. The van der Waals surface area contributed by atoms with E-state index in [1.165, 1.54) is 6.42 Å². The summed E-state index contributed by atoms with van der Waals surface area (Å²) >= 11 is 6.40. The largest absolute Gasteiger partial charge is 0.345 e. The predicted octanol–water partition coefficient (Wildman–Crippen LogP) is 5.50. The lowest BCUT2D eigenvalue weighted by Crippen LogP contribution is -2.49. The van der Waals surface area contributed by atoms with Crippen molar-refractivity contribution in [3.8, 4) is 0 Å². The number of rotatable bonds is 9. The highest BCUT2D eigenvalue weighted by Crippen LogP contribution is 2.29. The van der Waals surface area contributed by atoms with Crippen LogP contribution in [0.5, 0.6) is 0 Å². The van der Waals surface area contributed by atoms with Crippen LogP contribution in [0.15, 0.2) is 42.6 Å². The monoisotopic (exact) mass is 469 g/mol. The Morgan fingerprint density at radius 2 is 1.76 bits per heavy atom. The third kappa shape index (κ3) is 5.81. The Hall–Kier alpha value is -2.27. The molecule has 0 N–H and O–H groups in total. The minimum Gasteiger partial charge on any atom is -0.345 e. The van der Waals surface area contributed by atoms with E-state index in [2.05, 4.69) is 16.8 Å². The van der Waals surface area contributed by atoms with E-state index in [1.54, 1.807) is 4.90 Å². The van der Waals surface area contributed by atoms with Crippen molar-refractivity contribution in [3.05, 3.63) is 58.9 Å². The quantitative estimate of drug-likeness (QED) is 0.486. The number of hydrogen-bond acceptors (Lipinski definition) is 2. The number of amides is 2. The number of benzene rings is 1. The first-order valence-electron chi connectivity index (χ1n) is 12.5. The average molecular weight is 470 g/mol. The van der Waals surface area contributed by atoms with Crippen molar-refractivity contribution in [2.45, 2.75) is 77.4 Å². The van der Waals surface area contributed by atoms with Crippen LogP contribution in [0, 0.1) is 5.92 Å². The van der Waals surface area contributed by atoms with Gasteiger partial charge in [-0.1, -0.05) is 55.5 Å². The maximum atomic E-state index is 13.6. The summed E-state index contributed by atoms with van der Waals surface area (Å²) in [6.07, 6.45) is 10.7. The summed E-state index contributed by atoms with van der Waals surface area (Å²) in [6.45, 7) is 3.99. The molecule has 2 aliphatic carbocycles. The van der Waals surface area contributed by atoms with Crippen LogP contribution in [0.2, 0.25) is 5.02 Å². The van der Waals surface area contributed by atoms with Gasteiger partial charge in [-0.05, 0) is 56.4 Å². The summed E-state index contributed by atoms with van der Waals surface area (Å²) in [5.74, 6) is 0.346. The maximum absolute atomic E-state index is 13.6. The first-order chi connectivity index (χ1) is 16.1. The number of carbonyl (C=O) groups is 2. The second kappa shape index (κ2) is 11.2. The molecule has 0 unspecified atom stereocenters. The summed E-state index contributed by atoms with van der Waals surface area (Å²) < 4.78 is 2.18. The Bertz CT molecular complexity index is 946. The standard InChI is InChI=1S/C27H36ClN3O2/c1-2-29(27(33)21-11-8-12-21)20-26(32)31(23-13-4-3-5-14-23)19-24-15-9-17-30(24)18-22-10-6-7-16-25(22)28/h6-7,9-10,15-17,21,23H,2-5,8,11-14,18-20H2,1H3. The van der Waals surface area contributed by atoms with Crippen molar-refractivity contribution in [3.63, 3.8) is 0 Å². The van der Waals surface area contributed by atoms with Crippen LogP contribution in [-0.4, -0.2) is 45.3 Å². The van der Waals surface area contributed by atoms with E-state index in [0.29, 0.717) is 19.6 Å². The van der Waals surface area contributed by atoms with E-state index in [0.717, 1.165) is 61.2 Å². The highest BCUT2D eigenvalue weighted by molar-refractivity contribution is 6.31. The van der Waals surface area contributed by atoms with Gasteiger partial charge in [0.1, 0.15) is 0 Å². The van der Waals surface area contributed by atoms with E-state index < -0.39 is 0 Å². The van der Waals surface area contributed by atoms with Gasteiger partial charge >= 0.3 is 0 Å². The lowest BCUT2D eigenvalue weighted by Gasteiger charge is -2.37. The highest BCUT2D eigenvalue weighted by Gasteiger charge is 2.32. The van der Waals surface area contributed by atoms with Gasteiger partial charge in [0.15, 0.2) is 0 Å². The molecule has 178 valence electrons. The molecule has 0 radical (unpaired) electrons. The van der Waals surface area contributed by atoms with Gasteiger partial charge in [-0.25, -0.2) is 0 Å². The Morgan fingerprint density at radius 3 is 2.42 bits per heavy atom. The van der Waals surface area contributed by atoms with Crippen LogP contribution in [0.1, 0.15) is 69.5 Å². The zero-order valence-electron chi connectivity index (χ0n) is 19.7. The summed E-state index contributed by atoms with van der Waals surface area (Å²) in [4.78, 5) is 30.3. The third-order valence-corrected chi connectivity index (χ3v) is 7.73. The molecule has 0 saturated heterocycles. The van der Waals surface area contributed by atoms with Crippen LogP contribution in [0.3, 0.4) is 0 Å². The molecule has 6 heteroatoms. The number of aromatic nitrogens is 1. The molecule has 0 bridgehead atoms. The van der Waals surface area contributed by atoms with E-state index in [4.69, 9.17) is 11.6 Å². The van der Waals surface area contributed by atoms with Gasteiger partial charge in [0.2, 0.25) is 11.8 Å². The summed E-state index contributed by atoms with van der Waals surface area (Å²) in [6, 6.07) is 12.3. The molecule has 1 heterocycles. The Morgan fingerprint density at radius 1 is 1.00 bits per heavy atom. The van der Waals surface area contributed by atoms with Crippen LogP contribution < -0.4 is 0 Å². The molecule has 2 fully saturated rings. The fraction of sp³-hybridized carbons (Fsp3) is 0.556. The van der Waals surface area contributed by atoms with Crippen molar-refractivity contribution in [1.29, 1.82) is 0 Å². The van der Waals surface area contributed by atoms with Crippen LogP contribution >= 0.6 is 11.6 Å². The Balaban J connectivity index is 1.50. The summed E-state index contributed by atoms with van der Waals surface area (Å²) in [7, 11) is 0. The summed E-state index contributed by atoms with van der Waals surface area (Å²) in [5, 5.41) is 0.755. The van der Waals surface area contributed by atoms with E-state index >= 15 is 0 Å². The van der Waals surface area contributed by atoms with Crippen molar-refractivity contribution in [2.75, 3.05) is 13.1 Å². The van der Waals surface area contributed by atoms with E-state index in [1.807, 2.05) is 42.2 Å². The van der Waals surface area contributed by atoms with Crippen molar-refractivity contribution < 1.29 is 9.59 Å². The van der Waals surface area contributed by atoms with Gasteiger partial charge in [0.05, 0.1) is 13.1 Å². The normalized spacial score (nSPS) is 16.9. The topological polar surface area (TPSA) is 45.6 Å². The molecule has 2 aromatic rings. The molecule has 0 aliphatic heterocycles. The van der Waals surface area contributed by atoms with Gasteiger partial charge < -0.3 is 14.4 Å². The van der Waals surface area contributed by atoms with Crippen LogP contribution in [0.4, 0.5) is 0 Å². The minimum absolute atomic E-state index is 0.0712. The fourth-order valence-corrected chi connectivity index (χ4v) is 5.25. The number of halogens is 1. The number of nitrogens with zero attached hydrogens (tertiary/aromatic N) is 3. The molecule has 2 aliphatic rings. The zero-order valence-corrected chi connectivity index (χ0v) is 20.5. The van der Waals surface area contributed by atoms with Gasteiger partial charge in [-0.3, -0.25) is 9.59 Å². The second-order valence-corrected chi connectivity index (χ2v) is 9.92. The Kier molecular flexibility index (Phi) is 8.13. The molecule has 4 rings (SSSR count). The van der Waals surface area contributed by atoms with Crippen molar-refractivity contribution in [2.24, 2.45) is 5.92 Å². The lowest BCUT2D eigenvalue weighted by atomic mass is 9.84. The van der Waals surface area contributed by atoms with Crippen LogP contribution in [0.25, 0.3) is 0 Å². The molecule has 0 atom stereocenters. The predicted molar refractivity (Wildman–Crippen MR) is 132 cm³/mol. The van der Waals surface area contributed by atoms with Gasteiger partial charge in [0, 0.05) is 42.0 Å². The number of carbonyl (C=O) groups excluding carboxylic acids is 2. The summed E-state index contributed by atoms with van der Waals surface area (Å²) in [5.41, 5.74) is 2.16. The van der Waals surface area contributed by atoms with Gasteiger partial charge in [-0.15, -0.1) is 0 Å².